The summed E-state index contributed by atoms with van der Waals surface area (Å²) in [5.41, 5.74) is 1.47. The third-order valence-electron chi connectivity index (χ3n) is 3.40. The maximum Gasteiger partial charge on any atom is 0.223 e. The van der Waals surface area contributed by atoms with Crippen LogP contribution < -0.4 is 15.0 Å². The number of nitrogens with zero attached hydrogens (tertiary/aromatic N) is 1. The topological polar surface area (TPSA) is 58.6 Å². The van der Waals surface area contributed by atoms with Crippen molar-refractivity contribution >= 4 is 29.1 Å². The Kier molecular flexibility index (Phi) is 7.36. The Hall–Kier alpha value is -1.75. The monoisotopic (exact) mass is 340 g/mol. The summed E-state index contributed by atoms with van der Waals surface area (Å²) in [7, 11) is 1.53. The van der Waals surface area contributed by atoms with Crippen molar-refractivity contribution in [1.29, 1.82) is 0 Å². The summed E-state index contributed by atoms with van der Waals surface area (Å²) in [5.74, 6) is 0.677. The van der Waals surface area contributed by atoms with Gasteiger partial charge in [0.2, 0.25) is 11.8 Å². The Morgan fingerprint density at radius 3 is 2.52 bits per heavy atom. The number of rotatable bonds is 7. The van der Waals surface area contributed by atoms with Crippen LogP contribution in [0.15, 0.2) is 12.1 Å². The number of nitrogens with one attached hydrogen (secondary N) is 1. The number of ether oxygens (including phenoxy) is 1. The summed E-state index contributed by atoms with van der Waals surface area (Å²) < 4.78 is 5.32. The van der Waals surface area contributed by atoms with Crippen molar-refractivity contribution in [3.05, 3.63) is 22.7 Å². The van der Waals surface area contributed by atoms with Crippen molar-refractivity contribution in [3.8, 4) is 5.75 Å². The standard InChI is InChI=1S/C17H25ClN2O3/c1-11(2)10-19-17(22)6-7-20(13(4)21)15-8-12(3)14(18)9-16(15)23-5/h8-9,11H,6-7,10H2,1-5H3,(H,19,22). The maximum atomic E-state index is 12.0. The molecule has 6 heteroatoms. The highest BCUT2D eigenvalue weighted by Gasteiger charge is 2.19. The highest BCUT2D eigenvalue weighted by atomic mass is 35.5. The smallest absolute Gasteiger partial charge is 0.223 e. The number of anilines is 1. The third-order valence-corrected chi connectivity index (χ3v) is 3.81. The van der Waals surface area contributed by atoms with E-state index < -0.39 is 0 Å². The van der Waals surface area contributed by atoms with E-state index in [9.17, 15) is 9.59 Å². The first-order chi connectivity index (χ1) is 10.8. The first-order valence-corrected chi connectivity index (χ1v) is 8.03. The number of halogens is 1. The molecule has 0 aliphatic rings. The zero-order valence-electron chi connectivity index (χ0n) is 14.4. The van der Waals surface area contributed by atoms with Crippen molar-refractivity contribution in [2.45, 2.75) is 34.1 Å². The number of methoxy groups -OCH3 is 1. The number of carbonyl (C=O) groups excluding carboxylic acids is 2. The molecule has 23 heavy (non-hydrogen) atoms. The Balaban J connectivity index is 2.89. The van der Waals surface area contributed by atoms with Gasteiger partial charge in [-0.25, -0.2) is 0 Å². The van der Waals surface area contributed by atoms with E-state index in [0.29, 0.717) is 28.9 Å². The lowest BCUT2D eigenvalue weighted by Crippen LogP contribution is -2.35. The van der Waals surface area contributed by atoms with Crippen molar-refractivity contribution in [2.75, 3.05) is 25.1 Å². The molecule has 0 fully saturated rings. The first kappa shape index (κ1) is 19.3. The van der Waals surface area contributed by atoms with Gasteiger partial charge >= 0.3 is 0 Å². The molecule has 0 aromatic heterocycles. The van der Waals surface area contributed by atoms with E-state index in [1.54, 1.807) is 12.1 Å². The van der Waals surface area contributed by atoms with Crippen LogP contribution >= 0.6 is 11.6 Å². The summed E-state index contributed by atoms with van der Waals surface area (Å²) in [6.45, 7) is 8.31. The molecule has 0 unspecified atom stereocenters. The Labute approximate surface area is 142 Å². The summed E-state index contributed by atoms with van der Waals surface area (Å²) >= 11 is 6.10. The molecule has 0 bridgehead atoms. The van der Waals surface area contributed by atoms with Crippen molar-refractivity contribution in [3.63, 3.8) is 0 Å². The van der Waals surface area contributed by atoms with Gasteiger partial charge in [-0.05, 0) is 24.5 Å². The van der Waals surface area contributed by atoms with E-state index >= 15 is 0 Å². The van der Waals surface area contributed by atoms with Gasteiger partial charge in [-0.2, -0.15) is 0 Å². The van der Waals surface area contributed by atoms with E-state index in [4.69, 9.17) is 16.3 Å². The van der Waals surface area contributed by atoms with Gasteiger partial charge in [0.05, 0.1) is 12.8 Å². The van der Waals surface area contributed by atoms with Gasteiger partial charge < -0.3 is 15.0 Å². The minimum atomic E-state index is -0.151. The Morgan fingerprint density at radius 2 is 2.00 bits per heavy atom. The number of amides is 2. The van der Waals surface area contributed by atoms with Crippen molar-refractivity contribution in [2.24, 2.45) is 5.92 Å². The maximum absolute atomic E-state index is 12.0. The molecule has 0 aliphatic heterocycles. The molecule has 2 amide bonds. The fourth-order valence-corrected chi connectivity index (χ4v) is 2.24. The first-order valence-electron chi connectivity index (χ1n) is 7.65. The van der Waals surface area contributed by atoms with E-state index in [-0.39, 0.29) is 24.8 Å². The zero-order valence-corrected chi connectivity index (χ0v) is 15.2. The molecule has 0 spiro atoms. The van der Waals surface area contributed by atoms with Crippen LogP contribution in [0.25, 0.3) is 0 Å². The molecule has 0 heterocycles. The average molecular weight is 341 g/mol. The zero-order chi connectivity index (χ0) is 17.6. The van der Waals surface area contributed by atoms with Gasteiger partial charge in [0, 0.05) is 37.5 Å². The van der Waals surface area contributed by atoms with E-state index in [1.165, 1.54) is 18.9 Å². The fourth-order valence-electron chi connectivity index (χ4n) is 2.09. The van der Waals surface area contributed by atoms with Crippen LogP contribution in [0, 0.1) is 12.8 Å². The van der Waals surface area contributed by atoms with Crippen molar-refractivity contribution in [1.82, 2.24) is 5.32 Å². The molecule has 1 aromatic carbocycles. The predicted octanol–water partition coefficient (Wildman–Crippen LogP) is 3.17. The lowest BCUT2D eigenvalue weighted by molar-refractivity contribution is -0.121. The number of carbonyl (C=O) groups is 2. The van der Waals surface area contributed by atoms with Crippen molar-refractivity contribution < 1.29 is 14.3 Å². The summed E-state index contributed by atoms with van der Waals surface area (Å²) in [6.07, 6.45) is 0.233. The Morgan fingerprint density at radius 1 is 1.35 bits per heavy atom. The minimum Gasteiger partial charge on any atom is -0.495 e. The predicted molar refractivity (Wildman–Crippen MR) is 93.2 cm³/mol. The second kappa shape index (κ2) is 8.77. The summed E-state index contributed by atoms with van der Waals surface area (Å²) in [5, 5.41) is 3.42. The molecular weight excluding hydrogens is 316 g/mol. The van der Waals surface area contributed by atoms with Crippen LogP contribution in [0.5, 0.6) is 5.75 Å². The lowest BCUT2D eigenvalue weighted by Gasteiger charge is -2.24. The molecule has 128 valence electrons. The second-order valence-corrected chi connectivity index (χ2v) is 6.30. The highest BCUT2D eigenvalue weighted by Crippen LogP contribution is 2.34. The third kappa shape index (κ3) is 5.75. The molecule has 0 aliphatic carbocycles. The Bertz CT molecular complexity index is 573. The van der Waals surface area contributed by atoms with Crippen LogP contribution in [0.3, 0.4) is 0 Å². The number of hydrogen-bond acceptors (Lipinski definition) is 3. The van der Waals surface area contributed by atoms with E-state index in [2.05, 4.69) is 5.32 Å². The molecule has 0 saturated carbocycles. The summed E-state index contributed by atoms with van der Waals surface area (Å²) in [6, 6.07) is 3.48. The number of hydrogen-bond donors (Lipinski definition) is 1. The average Bonchev–Trinajstić information content (AvgIpc) is 2.48. The molecule has 0 radical (unpaired) electrons. The SMILES string of the molecule is COc1cc(Cl)c(C)cc1N(CCC(=O)NCC(C)C)C(C)=O. The van der Waals surface area contributed by atoms with Gasteiger partial charge in [0.15, 0.2) is 0 Å². The number of aryl methyl sites for hydroxylation is 1. The molecular formula is C17H25ClN2O3. The summed E-state index contributed by atoms with van der Waals surface area (Å²) in [4.78, 5) is 25.4. The number of benzene rings is 1. The van der Waals surface area contributed by atoms with E-state index in [0.717, 1.165) is 5.56 Å². The second-order valence-electron chi connectivity index (χ2n) is 5.89. The molecule has 0 atom stereocenters. The van der Waals surface area contributed by atoms with Gasteiger partial charge in [0.1, 0.15) is 5.75 Å². The molecule has 1 N–H and O–H groups in total. The van der Waals surface area contributed by atoms with Crippen LogP contribution in [0.4, 0.5) is 5.69 Å². The fraction of sp³-hybridized carbons (Fsp3) is 0.529. The highest BCUT2D eigenvalue weighted by molar-refractivity contribution is 6.31. The molecule has 1 rings (SSSR count). The van der Waals surface area contributed by atoms with E-state index in [1.807, 2.05) is 20.8 Å². The molecule has 0 saturated heterocycles. The molecule has 1 aromatic rings. The van der Waals surface area contributed by atoms with Crippen LogP contribution in [0.1, 0.15) is 32.8 Å². The lowest BCUT2D eigenvalue weighted by atomic mass is 10.1. The molecule has 5 nitrogen and oxygen atoms in total. The van der Waals surface area contributed by atoms with Gasteiger partial charge in [-0.15, -0.1) is 0 Å². The van der Waals surface area contributed by atoms with Crippen LogP contribution in [-0.2, 0) is 9.59 Å². The quantitative estimate of drug-likeness (QED) is 0.829. The normalized spacial score (nSPS) is 10.6. The largest absolute Gasteiger partial charge is 0.495 e. The van der Waals surface area contributed by atoms with Gasteiger partial charge in [0.25, 0.3) is 0 Å². The van der Waals surface area contributed by atoms with Crippen LogP contribution in [-0.4, -0.2) is 32.0 Å². The van der Waals surface area contributed by atoms with Gasteiger partial charge in [-0.3, -0.25) is 9.59 Å². The van der Waals surface area contributed by atoms with Crippen LogP contribution in [0.2, 0.25) is 5.02 Å². The minimum absolute atomic E-state index is 0.0744. The van der Waals surface area contributed by atoms with Gasteiger partial charge in [-0.1, -0.05) is 25.4 Å².